The number of benzene rings is 1. The maximum Gasteiger partial charge on any atom is 0.417 e. The van der Waals surface area contributed by atoms with Crippen LogP contribution < -0.4 is 0 Å². The van der Waals surface area contributed by atoms with Crippen molar-refractivity contribution in [1.82, 2.24) is 0 Å². The SMILES string of the molecule is Fc1ccc(C2=NO[C@@H]3CCCC[C@H]23)c(C(F)(F)F)c1. The molecule has 1 aliphatic carbocycles. The van der Waals surface area contributed by atoms with Crippen molar-refractivity contribution in [1.29, 1.82) is 0 Å². The monoisotopic (exact) mass is 287 g/mol. The molecule has 0 saturated heterocycles. The highest BCUT2D eigenvalue weighted by Crippen LogP contribution is 2.39. The Kier molecular flexibility index (Phi) is 3.18. The summed E-state index contributed by atoms with van der Waals surface area (Å²) < 4.78 is 52.3. The van der Waals surface area contributed by atoms with Crippen molar-refractivity contribution in [3.05, 3.63) is 35.1 Å². The van der Waals surface area contributed by atoms with Gasteiger partial charge in [0.05, 0.1) is 11.3 Å². The molecule has 2 nitrogen and oxygen atoms in total. The van der Waals surface area contributed by atoms with Crippen LogP contribution in [0.2, 0.25) is 0 Å². The lowest BCUT2D eigenvalue weighted by atomic mass is 9.80. The molecule has 0 bridgehead atoms. The number of alkyl halides is 3. The van der Waals surface area contributed by atoms with E-state index in [1.807, 2.05) is 0 Å². The van der Waals surface area contributed by atoms with E-state index in [1.165, 1.54) is 0 Å². The van der Waals surface area contributed by atoms with E-state index in [2.05, 4.69) is 5.16 Å². The molecule has 0 unspecified atom stereocenters. The molecule has 0 N–H and O–H groups in total. The van der Waals surface area contributed by atoms with Crippen LogP contribution in [0.5, 0.6) is 0 Å². The molecule has 0 aromatic heterocycles. The van der Waals surface area contributed by atoms with E-state index in [9.17, 15) is 17.6 Å². The highest BCUT2D eigenvalue weighted by atomic mass is 19.4. The normalized spacial score (nSPS) is 25.9. The fraction of sp³-hybridized carbons (Fsp3) is 0.500. The quantitative estimate of drug-likeness (QED) is 0.711. The van der Waals surface area contributed by atoms with E-state index in [1.54, 1.807) is 0 Å². The molecule has 0 spiro atoms. The van der Waals surface area contributed by atoms with Crippen molar-refractivity contribution >= 4 is 5.71 Å². The summed E-state index contributed by atoms with van der Waals surface area (Å²) in [6.45, 7) is 0. The number of oxime groups is 1. The van der Waals surface area contributed by atoms with Crippen LogP contribution in [0.1, 0.15) is 36.8 Å². The van der Waals surface area contributed by atoms with Gasteiger partial charge in [0.1, 0.15) is 11.9 Å². The fourth-order valence-corrected chi connectivity index (χ4v) is 2.95. The van der Waals surface area contributed by atoms with Gasteiger partial charge < -0.3 is 4.84 Å². The van der Waals surface area contributed by atoms with Gasteiger partial charge in [-0.1, -0.05) is 11.6 Å². The third-order valence-electron chi connectivity index (χ3n) is 3.90. The minimum atomic E-state index is -4.60. The number of nitrogens with zero attached hydrogens (tertiary/aromatic N) is 1. The van der Waals surface area contributed by atoms with Gasteiger partial charge in [-0.3, -0.25) is 0 Å². The van der Waals surface area contributed by atoms with Gasteiger partial charge in [0.2, 0.25) is 0 Å². The van der Waals surface area contributed by atoms with Gasteiger partial charge in [-0.25, -0.2) is 4.39 Å². The van der Waals surface area contributed by atoms with E-state index >= 15 is 0 Å². The minimum Gasteiger partial charge on any atom is -0.392 e. The summed E-state index contributed by atoms with van der Waals surface area (Å²) in [5, 5.41) is 3.85. The average molecular weight is 287 g/mol. The second-order valence-electron chi connectivity index (χ2n) is 5.20. The smallest absolute Gasteiger partial charge is 0.392 e. The third-order valence-corrected chi connectivity index (χ3v) is 3.90. The van der Waals surface area contributed by atoms with Crippen molar-refractivity contribution in [3.8, 4) is 0 Å². The molecule has 6 heteroatoms. The Morgan fingerprint density at radius 1 is 1.15 bits per heavy atom. The Bertz CT molecular complexity index is 553. The van der Waals surface area contributed by atoms with E-state index in [-0.39, 0.29) is 17.6 Å². The highest BCUT2D eigenvalue weighted by molar-refractivity contribution is 6.04. The van der Waals surface area contributed by atoms with Crippen LogP contribution in [-0.2, 0) is 11.0 Å². The van der Waals surface area contributed by atoms with Crippen LogP contribution in [0.4, 0.5) is 17.6 Å². The summed E-state index contributed by atoms with van der Waals surface area (Å²) in [4.78, 5) is 5.25. The molecule has 1 fully saturated rings. The first-order valence-electron chi connectivity index (χ1n) is 6.57. The summed E-state index contributed by atoms with van der Waals surface area (Å²) in [6.07, 6.45) is -1.22. The van der Waals surface area contributed by atoms with Gasteiger partial charge in [-0.2, -0.15) is 13.2 Å². The van der Waals surface area contributed by atoms with Crippen LogP contribution >= 0.6 is 0 Å². The Morgan fingerprint density at radius 3 is 2.65 bits per heavy atom. The summed E-state index contributed by atoms with van der Waals surface area (Å²) >= 11 is 0. The molecule has 1 aliphatic heterocycles. The number of halogens is 4. The molecule has 3 rings (SSSR count). The van der Waals surface area contributed by atoms with Gasteiger partial charge in [0.25, 0.3) is 0 Å². The summed E-state index contributed by atoms with van der Waals surface area (Å²) in [5.41, 5.74) is -0.735. The molecule has 20 heavy (non-hydrogen) atoms. The predicted octanol–water partition coefficient (Wildman–Crippen LogP) is 4.14. The van der Waals surface area contributed by atoms with Crippen molar-refractivity contribution in [3.63, 3.8) is 0 Å². The molecule has 2 aliphatic rings. The molecule has 1 aromatic rings. The van der Waals surface area contributed by atoms with Gasteiger partial charge in [-0.15, -0.1) is 0 Å². The second-order valence-corrected chi connectivity index (χ2v) is 5.20. The van der Waals surface area contributed by atoms with Gasteiger partial charge >= 0.3 is 6.18 Å². The van der Waals surface area contributed by atoms with Gasteiger partial charge in [0, 0.05) is 11.5 Å². The van der Waals surface area contributed by atoms with E-state index in [0.717, 1.165) is 37.8 Å². The fourth-order valence-electron chi connectivity index (χ4n) is 2.95. The van der Waals surface area contributed by atoms with Crippen LogP contribution in [0.15, 0.2) is 23.4 Å². The number of hydrogen-bond donors (Lipinski definition) is 0. The van der Waals surface area contributed by atoms with Crippen LogP contribution in [0.3, 0.4) is 0 Å². The van der Waals surface area contributed by atoms with Crippen molar-refractivity contribution in [2.45, 2.75) is 38.0 Å². The standard InChI is InChI=1S/C14H13F4NO/c15-8-5-6-9(11(7-8)14(16,17)18)13-10-3-1-2-4-12(10)20-19-13/h5-7,10,12H,1-4H2/t10-,12+/m0/s1. The van der Waals surface area contributed by atoms with Crippen LogP contribution in [0, 0.1) is 11.7 Å². The second kappa shape index (κ2) is 4.75. The Labute approximate surface area is 113 Å². The summed E-state index contributed by atoms with van der Waals surface area (Å²) in [7, 11) is 0. The topological polar surface area (TPSA) is 21.6 Å². The molecule has 1 aromatic carbocycles. The van der Waals surface area contributed by atoms with Gasteiger partial charge in [-0.05, 0) is 37.5 Å². The van der Waals surface area contributed by atoms with Crippen LogP contribution in [-0.4, -0.2) is 11.8 Å². The van der Waals surface area contributed by atoms with Crippen molar-refractivity contribution in [2.24, 2.45) is 11.1 Å². The number of rotatable bonds is 1. The highest BCUT2D eigenvalue weighted by Gasteiger charge is 2.41. The molecular weight excluding hydrogens is 274 g/mol. The van der Waals surface area contributed by atoms with E-state index in [0.29, 0.717) is 11.8 Å². The predicted molar refractivity (Wildman–Crippen MR) is 64.8 cm³/mol. The van der Waals surface area contributed by atoms with E-state index in [4.69, 9.17) is 4.84 Å². The van der Waals surface area contributed by atoms with E-state index < -0.39 is 17.6 Å². The lowest BCUT2D eigenvalue weighted by Gasteiger charge is -2.24. The van der Waals surface area contributed by atoms with Crippen molar-refractivity contribution in [2.75, 3.05) is 0 Å². The summed E-state index contributed by atoms with van der Waals surface area (Å²) in [6, 6.07) is 2.70. The largest absolute Gasteiger partial charge is 0.417 e. The molecule has 1 heterocycles. The molecule has 0 amide bonds. The van der Waals surface area contributed by atoms with Crippen LogP contribution in [0.25, 0.3) is 0 Å². The first-order valence-corrected chi connectivity index (χ1v) is 6.57. The third kappa shape index (κ3) is 2.27. The summed E-state index contributed by atoms with van der Waals surface area (Å²) in [5.74, 6) is -1.02. The van der Waals surface area contributed by atoms with Crippen molar-refractivity contribution < 1.29 is 22.4 Å². The Morgan fingerprint density at radius 2 is 1.90 bits per heavy atom. The maximum atomic E-state index is 13.1. The minimum absolute atomic E-state index is 0.0618. The molecule has 0 radical (unpaired) electrons. The lowest BCUT2D eigenvalue weighted by Crippen LogP contribution is -2.28. The van der Waals surface area contributed by atoms with Gasteiger partial charge in [0.15, 0.2) is 0 Å². The zero-order chi connectivity index (χ0) is 14.3. The Hall–Kier alpha value is -1.59. The zero-order valence-electron chi connectivity index (χ0n) is 10.6. The molecule has 1 saturated carbocycles. The zero-order valence-corrected chi connectivity index (χ0v) is 10.6. The maximum absolute atomic E-state index is 13.1. The first kappa shape index (κ1) is 13.4. The number of hydrogen-bond acceptors (Lipinski definition) is 2. The first-order chi connectivity index (χ1) is 9.47. The molecule has 108 valence electrons. The lowest BCUT2D eigenvalue weighted by molar-refractivity contribution is -0.137. The molecular formula is C14H13F4NO. The Balaban J connectivity index is 2.02. The average Bonchev–Trinajstić information content (AvgIpc) is 2.81. The number of fused-ring (bicyclic) bond motifs is 1. The molecule has 2 atom stereocenters.